The third-order valence-electron chi connectivity index (χ3n) is 9.96. The van der Waals surface area contributed by atoms with E-state index in [1.165, 1.54) is 15.1 Å². The van der Waals surface area contributed by atoms with Crippen LogP contribution in [-0.2, 0) is 19.5 Å². The Kier molecular flexibility index (Phi) is 8.11. The van der Waals surface area contributed by atoms with Crippen molar-refractivity contribution in [1.82, 2.24) is 28.6 Å². The van der Waals surface area contributed by atoms with Gasteiger partial charge in [-0.1, -0.05) is 0 Å². The highest BCUT2D eigenvalue weighted by molar-refractivity contribution is 7.88. The first-order valence-corrected chi connectivity index (χ1v) is 19.3. The summed E-state index contributed by atoms with van der Waals surface area (Å²) in [5.41, 5.74) is 3.42. The predicted octanol–water partition coefficient (Wildman–Crippen LogP) is 6.15. The van der Waals surface area contributed by atoms with Crippen LogP contribution in [0.4, 0.5) is 10.6 Å². The number of anilines is 1. The van der Waals surface area contributed by atoms with Gasteiger partial charge in [-0.2, -0.15) is 5.10 Å². The first-order chi connectivity index (χ1) is 24.3. The molecular formula is C37H43N7O6S. The van der Waals surface area contributed by atoms with Crippen LogP contribution >= 0.6 is 0 Å². The van der Waals surface area contributed by atoms with Crippen molar-refractivity contribution < 1.29 is 27.4 Å². The highest BCUT2D eigenvalue weighted by Crippen LogP contribution is 2.43. The standard InChI is InChI=1S/C37H43N7O6S/c1-24(27-13-15-38-34-28(27)14-16-43(34)35(45)50-36(2,3)4)49-26-10-11-30-29(18-26)33(40-44(30)32-8-6-7-17-48-32)25-9-12-31(39-19-25)41-20-37(21-41)22-42(23-37)51(5,46)47/h9-16,18-19,24,32H,6-8,17,20-23H2,1-5H3. The van der Waals surface area contributed by atoms with Gasteiger partial charge in [-0.25, -0.2) is 36.7 Å². The van der Waals surface area contributed by atoms with Crippen molar-refractivity contribution in [1.29, 1.82) is 0 Å². The quantitative estimate of drug-likeness (QED) is 0.193. The number of aromatic nitrogens is 5. The van der Waals surface area contributed by atoms with Gasteiger partial charge in [-0.05, 0) is 89.4 Å². The average Bonchev–Trinajstić information content (AvgIpc) is 3.65. The number of carbonyl (C=O) groups is 1. The Morgan fingerprint density at radius 1 is 1.02 bits per heavy atom. The van der Waals surface area contributed by atoms with Crippen LogP contribution in [0, 0.1) is 5.41 Å². The second-order valence-electron chi connectivity index (χ2n) is 15.1. The Labute approximate surface area is 297 Å². The molecule has 268 valence electrons. The van der Waals surface area contributed by atoms with E-state index in [0.29, 0.717) is 31.1 Å². The van der Waals surface area contributed by atoms with Gasteiger partial charge in [-0.3, -0.25) is 0 Å². The molecule has 8 rings (SSSR count). The Bertz CT molecular complexity index is 2220. The van der Waals surface area contributed by atoms with Crippen molar-refractivity contribution >= 4 is 43.9 Å². The first-order valence-electron chi connectivity index (χ1n) is 17.4. The van der Waals surface area contributed by atoms with Gasteiger partial charge in [0.1, 0.15) is 34.6 Å². The third kappa shape index (κ3) is 6.33. The summed E-state index contributed by atoms with van der Waals surface area (Å²) in [6.45, 7) is 10.9. The fraction of sp³-hybridized carbons (Fsp3) is 0.459. The maximum atomic E-state index is 12.9. The minimum atomic E-state index is -3.14. The zero-order valence-corrected chi connectivity index (χ0v) is 30.4. The molecule has 4 aromatic heterocycles. The SMILES string of the molecule is CC(Oc1ccc2c(c1)c(-c1ccc(N3CC4(C3)CN(S(C)(=O)=O)C4)nc1)nn2C1CCCCO1)c1ccnc2c1ccn2C(=O)OC(C)(C)C. The predicted molar refractivity (Wildman–Crippen MR) is 193 cm³/mol. The van der Waals surface area contributed by atoms with Crippen molar-refractivity contribution in [3.8, 4) is 17.0 Å². The van der Waals surface area contributed by atoms with Crippen molar-refractivity contribution in [2.75, 3.05) is 43.9 Å². The summed E-state index contributed by atoms with van der Waals surface area (Å²) < 4.78 is 47.0. The van der Waals surface area contributed by atoms with Gasteiger partial charge >= 0.3 is 6.09 Å². The third-order valence-corrected chi connectivity index (χ3v) is 11.2. The molecule has 0 bridgehead atoms. The zero-order chi connectivity index (χ0) is 35.7. The lowest BCUT2D eigenvalue weighted by atomic mass is 9.74. The van der Waals surface area contributed by atoms with Crippen LogP contribution in [0.25, 0.3) is 33.2 Å². The van der Waals surface area contributed by atoms with Crippen LogP contribution in [0.3, 0.4) is 0 Å². The lowest BCUT2D eigenvalue weighted by Gasteiger charge is -2.59. The van der Waals surface area contributed by atoms with Crippen LogP contribution in [0.5, 0.6) is 5.75 Å². The fourth-order valence-electron chi connectivity index (χ4n) is 7.46. The van der Waals surface area contributed by atoms with Crippen molar-refractivity contribution in [2.45, 2.75) is 64.9 Å². The summed E-state index contributed by atoms with van der Waals surface area (Å²) in [7, 11) is -3.14. The van der Waals surface area contributed by atoms with Gasteiger partial charge in [-0.15, -0.1) is 0 Å². The molecule has 14 heteroatoms. The molecule has 1 aromatic carbocycles. The van der Waals surface area contributed by atoms with Crippen molar-refractivity contribution in [3.05, 3.63) is 66.6 Å². The van der Waals surface area contributed by atoms with Gasteiger partial charge in [0.2, 0.25) is 10.0 Å². The summed E-state index contributed by atoms with van der Waals surface area (Å²) in [6, 6.07) is 13.8. The van der Waals surface area contributed by atoms with E-state index in [0.717, 1.165) is 71.3 Å². The highest BCUT2D eigenvalue weighted by Gasteiger charge is 2.54. The molecule has 3 fully saturated rings. The zero-order valence-electron chi connectivity index (χ0n) is 29.6. The van der Waals surface area contributed by atoms with Crippen LogP contribution in [0.1, 0.15) is 64.9 Å². The first kappa shape index (κ1) is 33.6. The number of benzene rings is 1. The van der Waals surface area contributed by atoms with Crippen LogP contribution in [0.15, 0.2) is 61.1 Å². The lowest BCUT2D eigenvalue weighted by Crippen LogP contribution is -2.73. The summed E-state index contributed by atoms with van der Waals surface area (Å²) in [4.78, 5) is 24.4. The molecule has 0 saturated carbocycles. The fourth-order valence-corrected chi connectivity index (χ4v) is 8.47. The number of carbonyl (C=O) groups excluding carboxylic acids is 1. The maximum Gasteiger partial charge on any atom is 0.420 e. The van der Waals surface area contributed by atoms with Crippen LogP contribution < -0.4 is 9.64 Å². The minimum Gasteiger partial charge on any atom is -0.486 e. The van der Waals surface area contributed by atoms with E-state index in [2.05, 4.69) is 9.88 Å². The van der Waals surface area contributed by atoms with Gasteiger partial charge in [0.15, 0.2) is 6.23 Å². The second kappa shape index (κ2) is 12.3. The van der Waals surface area contributed by atoms with Crippen molar-refractivity contribution in [2.24, 2.45) is 5.41 Å². The van der Waals surface area contributed by atoms with Gasteiger partial charge < -0.3 is 19.1 Å². The molecule has 3 saturated heterocycles. The number of hydrogen-bond acceptors (Lipinski definition) is 10. The number of rotatable bonds is 7. The summed E-state index contributed by atoms with van der Waals surface area (Å²) >= 11 is 0. The number of sulfonamides is 1. The summed E-state index contributed by atoms with van der Waals surface area (Å²) in [5, 5.41) is 6.84. The van der Waals surface area contributed by atoms with E-state index in [9.17, 15) is 13.2 Å². The van der Waals surface area contributed by atoms with Gasteiger partial charge in [0.05, 0.1) is 11.8 Å². The number of pyridine rings is 2. The Morgan fingerprint density at radius 2 is 1.82 bits per heavy atom. The van der Waals surface area contributed by atoms with Crippen LogP contribution in [-0.4, -0.2) is 87.8 Å². The molecule has 1 spiro atoms. The normalized spacial score (nSPS) is 19.9. The number of hydrogen-bond donors (Lipinski definition) is 0. The molecule has 0 radical (unpaired) electrons. The van der Waals surface area contributed by atoms with Crippen LogP contribution in [0.2, 0.25) is 0 Å². The monoisotopic (exact) mass is 713 g/mol. The molecule has 2 unspecified atom stereocenters. The molecular weight excluding hydrogens is 671 g/mol. The van der Waals surface area contributed by atoms with E-state index >= 15 is 0 Å². The molecule has 0 aliphatic carbocycles. The van der Waals surface area contributed by atoms with Gasteiger partial charge in [0, 0.05) is 78.7 Å². The Balaban J connectivity index is 1.06. The second-order valence-corrected chi connectivity index (χ2v) is 17.1. The highest BCUT2D eigenvalue weighted by atomic mass is 32.2. The molecule has 3 aliphatic heterocycles. The van der Waals surface area contributed by atoms with Gasteiger partial charge in [0.25, 0.3) is 0 Å². The number of nitrogens with zero attached hydrogens (tertiary/aromatic N) is 7. The Hall–Kier alpha value is -4.53. The topological polar surface area (TPSA) is 134 Å². The van der Waals surface area contributed by atoms with Crippen molar-refractivity contribution in [3.63, 3.8) is 0 Å². The molecule has 5 aromatic rings. The summed E-state index contributed by atoms with van der Waals surface area (Å²) in [6.07, 6.45) is 8.49. The molecule has 51 heavy (non-hydrogen) atoms. The van der Waals surface area contributed by atoms with E-state index in [-0.39, 0.29) is 17.7 Å². The van der Waals surface area contributed by atoms with E-state index in [1.54, 1.807) is 12.4 Å². The number of fused-ring (bicyclic) bond motifs is 2. The molecule has 0 amide bonds. The Morgan fingerprint density at radius 3 is 2.51 bits per heavy atom. The van der Waals surface area contributed by atoms with E-state index in [1.807, 2.05) is 81.0 Å². The van der Waals surface area contributed by atoms with E-state index in [4.69, 9.17) is 24.3 Å². The molecule has 13 nitrogen and oxygen atoms in total. The summed E-state index contributed by atoms with van der Waals surface area (Å²) in [5.74, 6) is 1.54. The minimum absolute atomic E-state index is 0.0239. The average molecular weight is 714 g/mol. The lowest BCUT2D eigenvalue weighted by molar-refractivity contribution is -0.0365. The van der Waals surface area contributed by atoms with E-state index < -0.39 is 21.7 Å². The molecule has 0 N–H and O–H groups in total. The number of ether oxygens (including phenoxy) is 3. The largest absolute Gasteiger partial charge is 0.486 e. The molecule has 2 atom stereocenters. The maximum absolute atomic E-state index is 12.9. The smallest absolute Gasteiger partial charge is 0.420 e. The molecule has 7 heterocycles. The molecule has 3 aliphatic rings.